The summed E-state index contributed by atoms with van der Waals surface area (Å²) in [5.74, 6) is 0.223. The molecule has 24 heavy (non-hydrogen) atoms. The maximum atomic E-state index is 12.5. The number of hydrogen-bond acceptors (Lipinski definition) is 4. The van der Waals surface area contributed by atoms with Gasteiger partial charge in [-0.05, 0) is 55.3 Å². The number of anilines is 1. The third kappa shape index (κ3) is 4.48. The van der Waals surface area contributed by atoms with Crippen molar-refractivity contribution in [2.24, 2.45) is 5.73 Å². The predicted octanol–water partition coefficient (Wildman–Crippen LogP) is 2.22. The summed E-state index contributed by atoms with van der Waals surface area (Å²) in [5.41, 5.74) is 7.01. The van der Waals surface area contributed by atoms with Crippen LogP contribution in [-0.4, -0.2) is 20.9 Å². The number of aryl methyl sites for hydroxylation is 1. The molecule has 3 N–H and O–H groups in total. The van der Waals surface area contributed by atoms with Crippen molar-refractivity contribution in [2.75, 3.05) is 11.3 Å². The molecule has 0 radical (unpaired) electrons. The zero-order valence-corrected chi connectivity index (χ0v) is 14.4. The molecule has 0 saturated carbocycles. The Bertz CT molecular complexity index is 830. The highest BCUT2D eigenvalue weighted by Crippen LogP contribution is 2.23. The molecular formula is C17H20N2O4S. The smallest absolute Gasteiger partial charge is 0.261 e. The summed E-state index contributed by atoms with van der Waals surface area (Å²) >= 11 is 0. The lowest BCUT2D eigenvalue weighted by molar-refractivity contribution is -0.117. The van der Waals surface area contributed by atoms with Crippen LogP contribution in [0.2, 0.25) is 0 Å². The Morgan fingerprint density at radius 2 is 1.83 bits per heavy atom. The molecule has 0 spiro atoms. The van der Waals surface area contributed by atoms with Crippen LogP contribution >= 0.6 is 0 Å². The molecule has 0 aliphatic carbocycles. The van der Waals surface area contributed by atoms with Crippen molar-refractivity contribution in [3.05, 3.63) is 53.6 Å². The summed E-state index contributed by atoms with van der Waals surface area (Å²) in [6.45, 7) is 4.18. The van der Waals surface area contributed by atoms with Gasteiger partial charge in [-0.1, -0.05) is 12.1 Å². The fraction of sp³-hybridized carbons (Fsp3) is 0.235. The van der Waals surface area contributed by atoms with Crippen LogP contribution in [0.1, 0.15) is 18.1 Å². The third-order valence-electron chi connectivity index (χ3n) is 3.34. The number of amides is 1. The zero-order chi connectivity index (χ0) is 17.7. The van der Waals surface area contributed by atoms with Crippen LogP contribution in [0.4, 0.5) is 5.69 Å². The molecule has 0 heterocycles. The van der Waals surface area contributed by atoms with E-state index in [4.69, 9.17) is 10.5 Å². The molecule has 0 aliphatic heterocycles. The number of carbonyl (C=O) groups is 1. The van der Waals surface area contributed by atoms with Crippen LogP contribution < -0.4 is 15.2 Å². The van der Waals surface area contributed by atoms with Gasteiger partial charge in [0, 0.05) is 5.69 Å². The van der Waals surface area contributed by atoms with Crippen molar-refractivity contribution in [2.45, 2.75) is 25.2 Å². The van der Waals surface area contributed by atoms with Gasteiger partial charge in [-0.15, -0.1) is 0 Å². The lowest BCUT2D eigenvalue weighted by atomic mass is 10.1. The van der Waals surface area contributed by atoms with E-state index in [2.05, 4.69) is 4.72 Å². The number of primary amides is 1. The standard InChI is InChI=1S/C17H20N2O4S/c1-3-23-16-9-8-15(10-12(16)2)24(21,22)19-14-6-4-13(5-7-14)11-17(18)20/h4-10,19H,3,11H2,1-2H3,(H2,18,20). The van der Waals surface area contributed by atoms with Crippen LogP contribution in [0, 0.1) is 6.92 Å². The Hall–Kier alpha value is -2.54. The molecule has 7 heteroatoms. The van der Waals surface area contributed by atoms with E-state index in [0.29, 0.717) is 18.0 Å². The van der Waals surface area contributed by atoms with E-state index in [9.17, 15) is 13.2 Å². The second-order valence-electron chi connectivity index (χ2n) is 5.31. The number of nitrogens with two attached hydrogens (primary N) is 1. The largest absolute Gasteiger partial charge is 0.494 e. The van der Waals surface area contributed by atoms with E-state index in [-0.39, 0.29) is 11.3 Å². The molecule has 1 amide bonds. The Balaban J connectivity index is 2.19. The molecule has 0 saturated heterocycles. The van der Waals surface area contributed by atoms with Crippen molar-refractivity contribution < 1.29 is 17.9 Å². The molecular weight excluding hydrogens is 328 g/mol. The lowest BCUT2D eigenvalue weighted by Crippen LogP contribution is -2.14. The Morgan fingerprint density at radius 1 is 1.17 bits per heavy atom. The maximum Gasteiger partial charge on any atom is 0.261 e. The third-order valence-corrected chi connectivity index (χ3v) is 4.72. The van der Waals surface area contributed by atoms with Crippen LogP contribution in [0.5, 0.6) is 5.75 Å². The molecule has 2 aromatic rings. The highest BCUT2D eigenvalue weighted by Gasteiger charge is 2.15. The Morgan fingerprint density at radius 3 is 2.38 bits per heavy atom. The average Bonchev–Trinajstić information content (AvgIpc) is 2.50. The maximum absolute atomic E-state index is 12.5. The number of sulfonamides is 1. The van der Waals surface area contributed by atoms with Crippen LogP contribution in [-0.2, 0) is 21.2 Å². The minimum Gasteiger partial charge on any atom is -0.494 e. The van der Waals surface area contributed by atoms with Crippen molar-refractivity contribution in [1.29, 1.82) is 0 Å². The van der Waals surface area contributed by atoms with Gasteiger partial charge < -0.3 is 10.5 Å². The van der Waals surface area contributed by atoms with Gasteiger partial charge >= 0.3 is 0 Å². The number of hydrogen-bond donors (Lipinski definition) is 2. The first-order chi connectivity index (χ1) is 11.3. The van der Waals surface area contributed by atoms with Gasteiger partial charge in [0.1, 0.15) is 5.75 Å². The van der Waals surface area contributed by atoms with Crippen LogP contribution in [0.3, 0.4) is 0 Å². The first-order valence-corrected chi connectivity index (χ1v) is 8.93. The van der Waals surface area contributed by atoms with Crippen molar-refractivity contribution in [3.63, 3.8) is 0 Å². The molecule has 0 bridgehead atoms. The zero-order valence-electron chi connectivity index (χ0n) is 13.6. The highest BCUT2D eigenvalue weighted by atomic mass is 32.2. The van der Waals surface area contributed by atoms with Crippen molar-refractivity contribution in [1.82, 2.24) is 0 Å². The molecule has 0 aromatic heterocycles. The van der Waals surface area contributed by atoms with E-state index in [1.165, 1.54) is 6.07 Å². The van der Waals surface area contributed by atoms with E-state index >= 15 is 0 Å². The summed E-state index contributed by atoms with van der Waals surface area (Å²) in [6, 6.07) is 11.2. The molecule has 6 nitrogen and oxygen atoms in total. The normalized spacial score (nSPS) is 11.1. The minimum atomic E-state index is -3.70. The van der Waals surface area contributed by atoms with E-state index in [1.807, 2.05) is 6.92 Å². The molecule has 0 unspecified atom stereocenters. The Kier molecular flexibility index (Phi) is 5.46. The van der Waals surface area contributed by atoms with Gasteiger partial charge in [0.15, 0.2) is 0 Å². The summed E-state index contributed by atoms with van der Waals surface area (Å²) in [6.07, 6.45) is 0.116. The van der Waals surface area contributed by atoms with Gasteiger partial charge in [0.2, 0.25) is 5.91 Å². The average molecular weight is 348 g/mol. The molecule has 2 aromatic carbocycles. The fourth-order valence-electron chi connectivity index (χ4n) is 2.21. The van der Waals surface area contributed by atoms with Gasteiger partial charge in [0.25, 0.3) is 10.0 Å². The second-order valence-corrected chi connectivity index (χ2v) is 6.99. The number of carbonyl (C=O) groups excluding carboxylic acids is 1. The topological polar surface area (TPSA) is 98.5 Å². The SMILES string of the molecule is CCOc1ccc(S(=O)(=O)Nc2ccc(CC(N)=O)cc2)cc1C. The van der Waals surface area contributed by atoms with Gasteiger partial charge in [-0.3, -0.25) is 9.52 Å². The van der Waals surface area contributed by atoms with Gasteiger partial charge in [-0.25, -0.2) is 8.42 Å². The lowest BCUT2D eigenvalue weighted by Gasteiger charge is -2.11. The predicted molar refractivity (Wildman–Crippen MR) is 92.5 cm³/mol. The fourth-order valence-corrected chi connectivity index (χ4v) is 3.36. The molecule has 0 fully saturated rings. The van der Waals surface area contributed by atoms with Crippen molar-refractivity contribution >= 4 is 21.6 Å². The molecule has 0 atom stereocenters. The van der Waals surface area contributed by atoms with E-state index < -0.39 is 15.9 Å². The minimum absolute atomic E-state index is 0.116. The second kappa shape index (κ2) is 7.35. The van der Waals surface area contributed by atoms with Crippen molar-refractivity contribution in [3.8, 4) is 5.75 Å². The first kappa shape index (κ1) is 17.8. The summed E-state index contributed by atoms with van der Waals surface area (Å²) in [7, 11) is -3.70. The Labute approximate surface area is 141 Å². The molecule has 0 aliphatic rings. The summed E-state index contributed by atoms with van der Waals surface area (Å²) in [5, 5.41) is 0. The van der Waals surface area contributed by atoms with Crippen LogP contribution in [0.15, 0.2) is 47.4 Å². The van der Waals surface area contributed by atoms with E-state index in [0.717, 1.165) is 11.1 Å². The molecule has 128 valence electrons. The van der Waals surface area contributed by atoms with Crippen LogP contribution in [0.25, 0.3) is 0 Å². The number of ether oxygens (including phenoxy) is 1. The molecule has 2 rings (SSSR count). The highest BCUT2D eigenvalue weighted by molar-refractivity contribution is 7.92. The summed E-state index contributed by atoms with van der Waals surface area (Å²) in [4.78, 5) is 11.0. The number of benzene rings is 2. The monoisotopic (exact) mass is 348 g/mol. The van der Waals surface area contributed by atoms with Gasteiger partial charge in [0.05, 0.1) is 17.9 Å². The van der Waals surface area contributed by atoms with Gasteiger partial charge in [-0.2, -0.15) is 0 Å². The summed E-state index contributed by atoms with van der Waals surface area (Å²) < 4.78 is 32.8. The quantitative estimate of drug-likeness (QED) is 0.801. The number of nitrogens with one attached hydrogen (secondary N) is 1. The number of rotatable bonds is 7. The van der Waals surface area contributed by atoms with E-state index in [1.54, 1.807) is 43.3 Å². The first-order valence-electron chi connectivity index (χ1n) is 7.45.